The van der Waals surface area contributed by atoms with E-state index in [0.29, 0.717) is 12.0 Å². The number of hydrogen-bond acceptors (Lipinski definition) is 4. The lowest BCUT2D eigenvalue weighted by atomic mass is 9.81. The number of aromatic nitrogens is 2. The minimum atomic E-state index is 0.346. The zero-order chi connectivity index (χ0) is 9.54. The van der Waals surface area contributed by atoms with Gasteiger partial charge in [-0.2, -0.15) is 4.98 Å². The molecule has 2 aliphatic rings. The molecule has 0 amide bonds. The van der Waals surface area contributed by atoms with Gasteiger partial charge in [-0.25, -0.2) is 0 Å². The molecule has 2 aliphatic carbocycles. The van der Waals surface area contributed by atoms with Crippen molar-refractivity contribution in [1.29, 1.82) is 0 Å². The molecule has 1 heterocycles. The van der Waals surface area contributed by atoms with Gasteiger partial charge in [0.2, 0.25) is 5.89 Å². The van der Waals surface area contributed by atoms with Crippen LogP contribution in [0.4, 0.5) is 0 Å². The van der Waals surface area contributed by atoms with Crippen molar-refractivity contribution in [3.63, 3.8) is 0 Å². The molecular formula is C10H15N3O. The lowest BCUT2D eigenvalue weighted by molar-refractivity contribution is 0.264. The maximum atomic E-state index is 5.71. The van der Waals surface area contributed by atoms with E-state index in [0.717, 1.165) is 36.9 Å². The fourth-order valence-corrected chi connectivity index (χ4v) is 1.96. The number of nitrogens with zero attached hydrogens (tertiary/aromatic N) is 2. The van der Waals surface area contributed by atoms with Crippen LogP contribution in [0.25, 0.3) is 0 Å². The molecule has 0 aromatic carbocycles. The van der Waals surface area contributed by atoms with Crippen LogP contribution < -0.4 is 5.73 Å². The van der Waals surface area contributed by atoms with Gasteiger partial charge < -0.3 is 10.3 Å². The first kappa shape index (κ1) is 8.41. The number of rotatable bonds is 3. The molecule has 0 aliphatic heterocycles. The van der Waals surface area contributed by atoms with Crippen molar-refractivity contribution in [2.24, 2.45) is 11.7 Å². The SMILES string of the molecule is NC1CC(c2nc(CC3CC3)no2)C1. The van der Waals surface area contributed by atoms with Crippen LogP contribution in [-0.2, 0) is 6.42 Å². The third kappa shape index (κ3) is 1.54. The molecule has 2 saturated carbocycles. The highest BCUT2D eigenvalue weighted by molar-refractivity contribution is 5.03. The van der Waals surface area contributed by atoms with E-state index in [1.54, 1.807) is 0 Å². The zero-order valence-electron chi connectivity index (χ0n) is 8.15. The molecule has 0 bridgehead atoms. The van der Waals surface area contributed by atoms with Crippen LogP contribution >= 0.6 is 0 Å². The quantitative estimate of drug-likeness (QED) is 0.784. The van der Waals surface area contributed by atoms with Crippen molar-refractivity contribution in [2.45, 2.75) is 44.1 Å². The summed E-state index contributed by atoms with van der Waals surface area (Å²) in [6.45, 7) is 0. The van der Waals surface area contributed by atoms with E-state index >= 15 is 0 Å². The van der Waals surface area contributed by atoms with Crippen LogP contribution in [0.1, 0.15) is 43.3 Å². The molecule has 0 radical (unpaired) electrons. The lowest BCUT2D eigenvalue weighted by Crippen LogP contribution is -2.34. The predicted molar refractivity (Wildman–Crippen MR) is 50.7 cm³/mol. The summed E-state index contributed by atoms with van der Waals surface area (Å²) in [6, 6.07) is 0.346. The van der Waals surface area contributed by atoms with Crippen LogP contribution in [0.2, 0.25) is 0 Å². The third-order valence-corrected chi connectivity index (χ3v) is 3.18. The molecule has 1 aromatic heterocycles. The van der Waals surface area contributed by atoms with E-state index in [1.807, 2.05) is 0 Å². The molecule has 4 heteroatoms. The van der Waals surface area contributed by atoms with Crippen LogP contribution in [0.15, 0.2) is 4.52 Å². The number of nitrogens with two attached hydrogens (primary N) is 1. The van der Waals surface area contributed by atoms with Crippen molar-refractivity contribution in [3.8, 4) is 0 Å². The molecule has 3 rings (SSSR count). The fourth-order valence-electron chi connectivity index (χ4n) is 1.96. The Morgan fingerprint density at radius 1 is 1.36 bits per heavy atom. The summed E-state index contributed by atoms with van der Waals surface area (Å²) in [5, 5.41) is 4.00. The molecular weight excluding hydrogens is 178 g/mol. The summed E-state index contributed by atoms with van der Waals surface area (Å²) in [5.74, 6) is 2.96. The smallest absolute Gasteiger partial charge is 0.229 e. The first-order valence-electron chi connectivity index (χ1n) is 5.39. The minimum absolute atomic E-state index is 0.346. The van der Waals surface area contributed by atoms with Gasteiger partial charge in [-0.05, 0) is 31.6 Å². The molecule has 2 fully saturated rings. The standard InChI is InChI=1S/C10H15N3O/c11-8-4-7(5-8)10-12-9(13-14-10)3-6-1-2-6/h6-8H,1-5,11H2. The van der Waals surface area contributed by atoms with Gasteiger partial charge >= 0.3 is 0 Å². The second-order valence-electron chi connectivity index (χ2n) is 4.62. The van der Waals surface area contributed by atoms with E-state index in [1.165, 1.54) is 12.8 Å². The van der Waals surface area contributed by atoms with Crippen molar-refractivity contribution < 1.29 is 4.52 Å². The Morgan fingerprint density at radius 2 is 2.14 bits per heavy atom. The van der Waals surface area contributed by atoms with Gasteiger partial charge in [0.1, 0.15) is 0 Å². The molecule has 76 valence electrons. The molecule has 1 aromatic rings. The summed E-state index contributed by atoms with van der Waals surface area (Å²) < 4.78 is 5.23. The predicted octanol–water partition coefficient (Wildman–Crippen LogP) is 1.23. The highest BCUT2D eigenvalue weighted by atomic mass is 16.5. The Morgan fingerprint density at radius 3 is 2.79 bits per heavy atom. The number of hydrogen-bond donors (Lipinski definition) is 1. The average molecular weight is 193 g/mol. The second kappa shape index (κ2) is 3.05. The summed E-state index contributed by atoms with van der Waals surface area (Å²) in [6.07, 6.45) is 5.68. The largest absolute Gasteiger partial charge is 0.339 e. The maximum absolute atomic E-state index is 5.71. The molecule has 2 N–H and O–H groups in total. The Hall–Kier alpha value is -0.900. The van der Waals surface area contributed by atoms with Gasteiger partial charge in [-0.1, -0.05) is 5.16 Å². The summed E-state index contributed by atoms with van der Waals surface area (Å²) in [7, 11) is 0. The van der Waals surface area contributed by atoms with Gasteiger partial charge in [0.15, 0.2) is 5.82 Å². The summed E-state index contributed by atoms with van der Waals surface area (Å²) in [5.41, 5.74) is 5.71. The van der Waals surface area contributed by atoms with Crippen molar-refractivity contribution in [1.82, 2.24) is 10.1 Å². The first-order chi connectivity index (χ1) is 6.81. The normalized spacial score (nSPS) is 31.5. The molecule has 0 unspecified atom stereocenters. The van der Waals surface area contributed by atoms with Gasteiger partial charge in [-0.3, -0.25) is 0 Å². The minimum Gasteiger partial charge on any atom is -0.339 e. The second-order valence-corrected chi connectivity index (χ2v) is 4.62. The third-order valence-electron chi connectivity index (χ3n) is 3.18. The Bertz CT molecular complexity index is 326. The van der Waals surface area contributed by atoms with Gasteiger partial charge in [-0.15, -0.1) is 0 Å². The Labute approximate surface area is 82.9 Å². The van der Waals surface area contributed by atoms with Crippen molar-refractivity contribution in [3.05, 3.63) is 11.7 Å². The van der Waals surface area contributed by atoms with Crippen LogP contribution in [0, 0.1) is 5.92 Å². The van der Waals surface area contributed by atoms with E-state index in [4.69, 9.17) is 10.3 Å². The monoisotopic (exact) mass is 193 g/mol. The van der Waals surface area contributed by atoms with Gasteiger partial charge in [0.05, 0.1) is 0 Å². The maximum Gasteiger partial charge on any atom is 0.229 e. The van der Waals surface area contributed by atoms with E-state index < -0.39 is 0 Å². The average Bonchev–Trinajstić information content (AvgIpc) is 2.78. The van der Waals surface area contributed by atoms with Crippen LogP contribution in [0.3, 0.4) is 0 Å². The van der Waals surface area contributed by atoms with Crippen molar-refractivity contribution in [2.75, 3.05) is 0 Å². The highest BCUT2D eigenvalue weighted by Gasteiger charge is 2.32. The van der Waals surface area contributed by atoms with E-state index in [-0.39, 0.29) is 0 Å². The molecule has 0 spiro atoms. The first-order valence-corrected chi connectivity index (χ1v) is 5.39. The molecule has 14 heavy (non-hydrogen) atoms. The van der Waals surface area contributed by atoms with E-state index in [9.17, 15) is 0 Å². The zero-order valence-corrected chi connectivity index (χ0v) is 8.15. The summed E-state index contributed by atoms with van der Waals surface area (Å²) in [4.78, 5) is 4.41. The summed E-state index contributed by atoms with van der Waals surface area (Å²) >= 11 is 0. The Kier molecular flexibility index (Phi) is 1.83. The topological polar surface area (TPSA) is 64.9 Å². The van der Waals surface area contributed by atoms with Crippen LogP contribution in [-0.4, -0.2) is 16.2 Å². The fraction of sp³-hybridized carbons (Fsp3) is 0.800. The van der Waals surface area contributed by atoms with Gasteiger partial charge in [0, 0.05) is 18.4 Å². The van der Waals surface area contributed by atoms with Crippen molar-refractivity contribution >= 4 is 0 Å². The molecule has 0 atom stereocenters. The van der Waals surface area contributed by atoms with Gasteiger partial charge in [0.25, 0.3) is 0 Å². The molecule has 0 saturated heterocycles. The Balaban J connectivity index is 1.64. The van der Waals surface area contributed by atoms with Crippen LogP contribution in [0.5, 0.6) is 0 Å². The molecule has 4 nitrogen and oxygen atoms in total. The highest BCUT2D eigenvalue weighted by Crippen LogP contribution is 2.36. The van der Waals surface area contributed by atoms with E-state index in [2.05, 4.69) is 10.1 Å². The lowest BCUT2D eigenvalue weighted by Gasteiger charge is -2.28.